The van der Waals surface area contributed by atoms with E-state index in [0.29, 0.717) is 5.92 Å². The predicted molar refractivity (Wildman–Crippen MR) is 76.5 cm³/mol. The lowest BCUT2D eigenvalue weighted by atomic mass is 9.95. The molecule has 2 bridgehead atoms. The van der Waals surface area contributed by atoms with Gasteiger partial charge in [0.1, 0.15) is 5.56 Å². The Morgan fingerprint density at radius 3 is 2.62 bits per heavy atom. The van der Waals surface area contributed by atoms with Crippen molar-refractivity contribution in [1.29, 1.82) is 0 Å². The first-order chi connectivity index (χ1) is 10.0. The maximum atomic E-state index is 12.0. The largest absolute Gasteiger partial charge is 0.505 e. The van der Waals surface area contributed by atoms with Crippen LogP contribution in [0.1, 0.15) is 36.0 Å². The lowest BCUT2D eigenvalue weighted by Crippen LogP contribution is -2.41. The Morgan fingerprint density at radius 1 is 1.19 bits per heavy atom. The van der Waals surface area contributed by atoms with Gasteiger partial charge in [-0.2, -0.15) is 0 Å². The average Bonchev–Trinajstić information content (AvgIpc) is 3.03. The minimum Gasteiger partial charge on any atom is -0.505 e. The molecule has 6 heteroatoms. The molecule has 0 spiro atoms. The van der Waals surface area contributed by atoms with Gasteiger partial charge < -0.3 is 20.8 Å². The zero-order chi connectivity index (χ0) is 15.0. The number of aromatic hydroxyl groups is 1. The lowest BCUT2D eigenvalue weighted by Gasteiger charge is -2.23. The van der Waals surface area contributed by atoms with Gasteiger partial charge in [-0.3, -0.25) is 0 Å². The number of anilines is 1. The van der Waals surface area contributed by atoms with Crippen LogP contribution in [0.4, 0.5) is 10.5 Å². The monoisotopic (exact) mass is 290 g/mol. The number of hydrogen-bond acceptors (Lipinski definition) is 3. The van der Waals surface area contributed by atoms with Crippen LogP contribution >= 0.6 is 0 Å². The molecule has 3 rings (SSSR count). The first-order valence-electron chi connectivity index (χ1n) is 7.17. The molecule has 4 N–H and O–H groups in total. The molecular formula is C15H18N2O4. The summed E-state index contributed by atoms with van der Waals surface area (Å²) in [5, 5.41) is 24.2. The SMILES string of the molecule is O=C(Nc1cccc(C(=O)O)c1O)NC1CC2CCC1C2. The second kappa shape index (κ2) is 5.27. The van der Waals surface area contributed by atoms with E-state index in [9.17, 15) is 14.7 Å². The summed E-state index contributed by atoms with van der Waals surface area (Å²) in [6.45, 7) is 0. The topological polar surface area (TPSA) is 98.7 Å². The standard InChI is InChI=1S/C15H18N2O4/c18-13-10(14(19)20)2-1-3-11(13)16-15(21)17-12-7-8-4-5-9(12)6-8/h1-3,8-9,12,18H,4-7H2,(H,19,20)(H2,16,17,21). The summed E-state index contributed by atoms with van der Waals surface area (Å²) in [7, 11) is 0. The Morgan fingerprint density at radius 2 is 2.00 bits per heavy atom. The van der Waals surface area contributed by atoms with Crippen LogP contribution in [0.3, 0.4) is 0 Å². The second-order valence-electron chi connectivity index (χ2n) is 5.89. The molecule has 0 saturated heterocycles. The van der Waals surface area contributed by atoms with Crippen molar-refractivity contribution in [3.05, 3.63) is 23.8 Å². The quantitative estimate of drug-likeness (QED) is 0.642. The van der Waals surface area contributed by atoms with E-state index in [0.717, 1.165) is 18.8 Å². The van der Waals surface area contributed by atoms with Gasteiger partial charge >= 0.3 is 12.0 Å². The molecule has 0 aromatic heterocycles. The number of carboxylic acids is 1. The summed E-state index contributed by atoms with van der Waals surface area (Å²) in [5.74, 6) is -0.374. The summed E-state index contributed by atoms with van der Waals surface area (Å²) in [6.07, 6.45) is 4.62. The Kier molecular flexibility index (Phi) is 3.45. The number of rotatable bonds is 3. The van der Waals surface area contributed by atoms with Crippen molar-refractivity contribution in [2.24, 2.45) is 11.8 Å². The molecule has 0 heterocycles. The summed E-state index contributed by atoms with van der Waals surface area (Å²) in [6, 6.07) is 4.04. The third-order valence-electron chi connectivity index (χ3n) is 4.57. The molecule has 2 saturated carbocycles. The lowest BCUT2D eigenvalue weighted by molar-refractivity contribution is 0.0693. The van der Waals surface area contributed by atoms with Gasteiger partial charge in [0.25, 0.3) is 0 Å². The van der Waals surface area contributed by atoms with Gasteiger partial charge in [0.15, 0.2) is 5.75 Å². The summed E-state index contributed by atoms with van der Waals surface area (Å²) in [4.78, 5) is 22.9. The Bertz CT molecular complexity index is 587. The third-order valence-corrected chi connectivity index (χ3v) is 4.57. The fourth-order valence-electron chi connectivity index (χ4n) is 3.57. The van der Waals surface area contributed by atoms with Crippen molar-refractivity contribution < 1.29 is 19.8 Å². The molecule has 2 aliphatic rings. The fraction of sp³-hybridized carbons (Fsp3) is 0.467. The van der Waals surface area contributed by atoms with Crippen molar-refractivity contribution in [2.75, 3.05) is 5.32 Å². The molecule has 112 valence electrons. The number of carboxylic acid groups (broad SMARTS) is 1. The van der Waals surface area contributed by atoms with E-state index in [2.05, 4.69) is 10.6 Å². The van der Waals surface area contributed by atoms with Crippen LogP contribution in [-0.4, -0.2) is 28.3 Å². The summed E-state index contributed by atoms with van der Waals surface area (Å²) in [5.41, 5.74) is -0.122. The molecule has 3 unspecified atom stereocenters. The van der Waals surface area contributed by atoms with Crippen LogP contribution in [0.25, 0.3) is 0 Å². The number of phenols is 1. The third kappa shape index (κ3) is 2.66. The highest BCUT2D eigenvalue weighted by atomic mass is 16.4. The smallest absolute Gasteiger partial charge is 0.339 e. The van der Waals surface area contributed by atoms with Crippen LogP contribution in [-0.2, 0) is 0 Å². The maximum absolute atomic E-state index is 12.0. The Labute approximate surface area is 122 Å². The Hall–Kier alpha value is -2.24. The van der Waals surface area contributed by atoms with Crippen molar-refractivity contribution >= 4 is 17.7 Å². The van der Waals surface area contributed by atoms with Gasteiger partial charge in [-0.15, -0.1) is 0 Å². The highest BCUT2D eigenvalue weighted by Crippen LogP contribution is 2.44. The molecule has 1 aromatic carbocycles. The number of benzene rings is 1. The molecular weight excluding hydrogens is 272 g/mol. The number of hydrogen-bond donors (Lipinski definition) is 4. The molecule has 21 heavy (non-hydrogen) atoms. The van der Waals surface area contributed by atoms with Crippen molar-refractivity contribution in [3.63, 3.8) is 0 Å². The van der Waals surface area contributed by atoms with Crippen LogP contribution in [0, 0.1) is 11.8 Å². The van der Waals surface area contributed by atoms with Crippen molar-refractivity contribution in [1.82, 2.24) is 5.32 Å². The normalized spacial score (nSPS) is 26.6. The van der Waals surface area contributed by atoms with Gasteiger partial charge in [0.2, 0.25) is 0 Å². The molecule has 0 radical (unpaired) electrons. The van der Waals surface area contributed by atoms with E-state index in [-0.39, 0.29) is 17.3 Å². The van der Waals surface area contributed by atoms with Gasteiger partial charge in [0, 0.05) is 6.04 Å². The number of fused-ring (bicyclic) bond motifs is 2. The zero-order valence-corrected chi connectivity index (χ0v) is 11.5. The number of amides is 2. The number of aromatic carboxylic acids is 1. The van der Waals surface area contributed by atoms with E-state index >= 15 is 0 Å². The molecule has 2 amide bonds. The predicted octanol–water partition coefficient (Wildman–Crippen LogP) is 2.40. The average molecular weight is 290 g/mol. The van der Waals surface area contributed by atoms with Gasteiger partial charge in [-0.25, -0.2) is 9.59 Å². The molecule has 0 aliphatic heterocycles. The molecule has 6 nitrogen and oxygen atoms in total. The Balaban J connectivity index is 1.65. The molecule has 1 aromatic rings. The molecule has 2 fully saturated rings. The van der Waals surface area contributed by atoms with Gasteiger partial charge in [-0.1, -0.05) is 12.5 Å². The number of carbonyl (C=O) groups excluding carboxylic acids is 1. The van der Waals surface area contributed by atoms with E-state index in [1.807, 2.05) is 0 Å². The van der Waals surface area contributed by atoms with Crippen LogP contribution in [0.5, 0.6) is 5.75 Å². The van der Waals surface area contributed by atoms with E-state index in [4.69, 9.17) is 5.11 Å². The fourth-order valence-corrected chi connectivity index (χ4v) is 3.57. The van der Waals surface area contributed by atoms with Gasteiger partial charge in [0.05, 0.1) is 5.69 Å². The van der Waals surface area contributed by atoms with Crippen LogP contribution in [0.15, 0.2) is 18.2 Å². The van der Waals surface area contributed by atoms with Crippen LogP contribution in [0.2, 0.25) is 0 Å². The highest BCUT2D eigenvalue weighted by Gasteiger charge is 2.40. The zero-order valence-electron chi connectivity index (χ0n) is 11.5. The number of nitrogens with one attached hydrogen (secondary N) is 2. The minimum atomic E-state index is -1.23. The van der Waals surface area contributed by atoms with Gasteiger partial charge in [-0.05, 0) is 43.2 Å². The van der Waals surface area contributed by atoms with E-state index < -0.39 is 17.7 Å². The number of carbonyl (C=O) groups is 2. The number of para-hydroxylation sites is 1. The first-order valence-corrected chi connectivity index (χ1v) is 7.17. The molecule has 3 atom stereocenters. The maximum Gasteiger partial charge on any atom is 0.339 e. The highest BCUT2D eigenvalue weighted by molar-refractivity contribution is 5.97. The van der Waals surface area contributed by atoms with E-state index in [1.54, 1.807) is 0 Å². The van der Waals surface area contributed by atoms with Crippen molar-refractivity contribution in [2.45, 2.75) is 31.7 Å². The first kappa shape index (κ1) is 13.7. The minimum absolute atomic E-state index is 0.107. The summed E-state index contributed by atoms with van der Waals surface area (Å²) >= 11 is 0. The van der Waals surface area contributed by atoms with Crippen molar-refractivity contribution in [3.8, 4) is 5.75 Å². The molecule has 2 aliphatic carbocycles. The second-order valence-corrected chi connectivity index (χ2v) is 5.89. The number of urea groups is 1. The van der Waals surface area contributed by atoms with E-state index in [1.165, 1.54) is 31.0 Å². The summed E-state index contributed by atoms with van der Waals surface area (Å²) < 4.78 is 0. The van der Waals surface area contributed by atoms with Crippen LogP contribution < -0.4 is 10.6 Å².